The minimum absolute atomic E-state index is 0. The number of rotatable bonds is 3. The summed E-state index contributed by atoms with van der Waals surface area (Å²) in [5, 5.41) is 3.24. The molecule has 5 heteroatoms. The maximum atomic E-state index is 13.2. The second-order valence-corrected chi connectivity index (χ2v) is 4.08. The van der Waals surface area contributed by atoms with Gasteiger partial charge in [-0.2, -0.15) is 0 Å². The van der Waals surface area contributed by atoms with Gasteiger partial charge in [0.1, 0.15) is 5.82 Å². The molecule has 17 heavy (non-hydrogen) atoms. The van der Waals surface area contributed by atoms with Gasteiger partial charge in [-0.15, -0.1) is 12.4 Å². The molecule has 0 amide bonds. The van der Waals surface area contributed by atoms with Crippen molar-refractivity contribution in [1.29, 1.82) is 0 Å². The molecule has 0 aliphatic carbocycles. The molecule has 0 aromatic heterocycles. The van der Waals surface area contributed by atoms with Crippen LogP contribution in [0, 0.1) is 17.6 Å². The Labute approximate surface area is 106 Å². The number of hydrogen-bond acceptors (Lipinski definition) is 2. The summed E-state index contributed by atoms with van der Waals surface area (Å²) < 4.78 is 31.4. The lowest BCUT2D eigenvalue weighted by Crippen LogP contribution is -2.30. The smallest absolute Gasteiger partial charge is 0.165 e. The van der Waals surface area contributed by atoms with E-state index in [0.29, 0.717) is 12.5 Å². The summed E-state index contributed by atoms with van der Waals surface area (Å²) >= 11 is 0. The van der Waals surface area contributed by atoms with Gasteiger partial charge in [-0.3, -0.25) is 0 Å². The standard InChI is InChI=1S/C12H15F2NO.ClH/c13-10-1-2-11(14)12(7-10)16-8-9-3-5-15-6-4-9;/h1-2,7,9,15H,3-6,8H2;1H. The van der Waals surface area contributed by atoms with E-state index in [1.54, 1.807) is 0 Å². The van der Waals surface area contributed by atoms with Crippen LogP contribution in [0.5, 0.6) is 5.75 Å². The lowest BCUT2D eigenvalue weighted by molar-refractivity contribution is 0.207. The van der Waals surface area contributed by atoms with E-state index in [2.05, 4.69) is 5.32 Å². The fourth-order valence-corrected chi connectivity index (χ4v) is 1.84. The van der Waals surface area contributed by atoms with Crippen LogP contribution < -0.4 is 10.1 Å². The maximum absolute atomic E-state index is 13.2. The fraction of sp³-hybridized carbons (Fsp3) is 0.500. The summed E-state index contributed by atoms with van der Waals surface area (Å²) in [6.07, 6.45) is 2.05. The van der Waals surface area contributed by atoms with E-state index < -0.39 is 11.6 Å². The first-order valence-electron chi connectivity index (χ1n) is 5.54. The SMILES string of the molecule is Cl.Fc1ccc(F)c(OCC2CCNCC2)c1. The highest BCUT2D eigenvalue weighted by Gasteiger charge is 2.14. The molecule has 0 bridgehead atoms. The molecule has 1 fully saturated rings. The molecule has 1 aromatic carbocycles. The molecule has 1 aliphatic rings. The highest BCUT2D eigenvalue weighted by atomic mass is 35.5. The highest BCUT2D eigenvalue weighted by molar-refractivity contribution is 5.85. The van der Waals surface area contributed by atoms with Crippen molar-refractivity contribution in [2.24, 2.45) is 5.92 Å². The first-order chi connectivity index (χ1) is 7.75. The Bertz CT molecular complexity index is 356. The third-order valence-corrected chi connectivity index (χ3v) is 2.83. The Morgan fingerprint density at radius 1 is 1.24 bits per heavy atom. The quantitative estimate of drug-likeness (QED) is 0.905. The Morgan fingerprint density at radius 2 is 1.94 bits per heavy atom. The van der Waals surface area contributed by atoms with Crippen molar-refractivity contribution in [2.45, 2.75) is 12.8 Å². The fourth-order valence-electron chi connectivity index (χ4n) is 1.84. The molecule has 0 unspecified atom stereocenters. The third kappa shape index (κ3) is 4.13. The van der Waals surface area contributed by atoms with Crippen LogP contribution in [-0.4, -0.2) is 19.7 Å². The summed E-state index contributed by atoms with van der Waals surface area (Å²) in [7, 11) is 0. The van der Waals surface area contributed by atoms with Crippen LogP contribution in [0.2, 0.25) is 0 Å². The normalized spacial score (nSPS) is 16.4. The highest BCUT2D eigenvalue weighted by Crippen LogP contribution is 2.20. The van der Waals surface area contributed by atoms with Crippen LogP contribution in [0.4, 0.5) is 8.78 Å². The van der Waals surface area contributed by atoms with E-state index >= 15 is 0 Å². The van der Waals surface area contributed by atoms with Gasteiger partial charge in [0.2, 0.25) is 0 Å². The van der Waals surface area contributed by atoms with Gasteiger partial charge >= 0.3 is 0 Å². The van der Waals surface area contributed by atoms with E-state index in [1.807, 2.05) is 0 Å². The molecule has 1 saturated heterocycles. The maximum Gasteiger partial charge on any atom is 0.165 e. The minimum atomic E-state index is -0.504. The number of hydrogen-bond donors (Lipinski definition) is 1. The summed E-state index contributed by atoms with van der Waals surface area (Å²) in [5.74, 6) is -0.528. The van der Waals surface area contributed by atoms with Gasteiger partial charge < -0.3 is 10.1 Å². The zero-order valence-corrected chi connectivity index (χ0v) is 10.2. The van der Waals surface area contributed by atoms with Gasteiger partial charge in [0.25, 0.3) is 0 Å². The van der Waals surface area contributed by atoms with Crippen molar-refractivity contribution in [1.82, 2.24) is 5.32 Å². The van der Waals surface area contributed by atoms with E-state index in [4.69, 9.17) is 4.74 Å². The van der Waals surface area contributed by atoms with Crippen molar-refractivity contribution in [2.75, 3.05) is 19.7 Å². The first kappa shape index (κ1) is 14.2. The van der Waals surface area contributed by atoms with Gasteiger partial charge in [0, 0.05) is 6.07 Å². The number of piperidine rings is 1. The third-order valence-electron chi connectivity index (χ3n) is 2.83. The van der Waals surface area contributed by atoms with Crippen LogP contribution in [-0.2, 0) is 0 Å². The summed E-state index contributed by atoms with van der Waals surface area (Å²) in [4.78, 5) is 0. The Morgan fingerprint density at radius 3 is 2.65 bits per heavy atom. The second-order valence-electron chi connectivity index (χ2n) is 4.08. The Balaban J connectivity index is 0.00000144. The second kappa shape index (κ2) is 6.77. The van der Waals surface area contributed by atoms with Crippen molar-refractivity contribution >= 4 is 12.4 Å². The number of ether oxygens (including phenoxy) is 1. The summed E-state index contributed by atoms with van der Waals surface area (Å²) in [6.45, 7) is 2.40. The molecule has 0 spiro atoms. The first-order valence-corrected chi connectivity index (χ1v) is 5.54. The van der Waals surface area contributed by atoms with E-state index in [9.17, 15) is 8.78 Å². The lowest BCUT2D eigenvalue weighted by atomic mass is 9.99. The van der Waals surface area contributed by atoms with Gasteiger partial charge in [0.05, 0.1) is 6.61 Å². The van der Waals surface area contributed by atoms with Gasteiger partial charge in [-0.05, 0) is 44.0 Å². The predicted molar refractivity (Wildman–Crippen MR) is 64.7 cm³/mol. The average molecular weight is 264 g/mol. The number of halogens is 3. The molecular formula is C12H16ClF2NO. The molecule has 1 heterocycles. The summed E-state index contributed by atoms with van der Waals surface area (Å²) in [5.41, 5.74) is 0. The minimum Gasteiger partial charge on any atom is -0.490 e. The Hall–Kier alpha value is -0.870. The molecule has 2 nitrogen and oxygen atoms in total. The number of nitrogens with one attached hydrogen (secondary N) is 1. The van der Waals surface area contributed by atoms with Crippen molar-refractivity contribution in [3.63, 3.8) is 0 Å². The molecule has 0 saturated carbocycles. The van der Waals surface area contributed by atoms with Crippen LogP contribution >= 0.6 is 12.4 Å². The molecular weight excluding hydrogens is 248 g/mol. The zero-order chi connectivity index (χ0) is 11.4. The van der Waals surface area contributed by atoms with Gasteiger partial charge in [-0.25, -0.2) is 8.78 Å². The van der Waals surface area contributed by atoms with Crippen molar-refractivity contribution in [3.8, 4) is 5.75 Å². The van der Waals surface area contributed by atoms with E-state index in [-0.39, 0.29) is 18.2 Å². The molecule has 2 rings (SSSR count). The monoisotopic (exact) mass is 263 g/mol. The zero-order valence-electron chi connectivity index (χ0n) is 9.42. The predicted octanol–water partition coefficient (Wildman–Crippen LogP) is 2.77. The molecule has 1 N–H and O–H groups in total. The Kier molecular flexibility index (Phi) is 5.65. The van der Waals surface area contributed by atoms with Crippen molar-refractivity contribution < 1.29 is 13.5 Å². The lowest BCUT2D eigenvalue weighted by Gasteiger charge is -2.22. The largest absolute Gasteiger partial charge is 0.490 e. The molecule has 0 atom stereocenters. The topological polar surface area (TPSA) is 21.3 Å². The van der Waals surface area contributed by atoms with Crippen LogP contribution in [0.3, 0.4) is 0 Å². The molecule has 96 valence electrons. The number of benzene rings is 1. The summed E-state index contributed by atoms with van der Waals surface area (Å²) in [6, 6.07) is 3.27. The van der Waals surface area contributed by atoms with Gasteiger partial charge in [-0.1, -0.05) is 0 Å². The van der Waals surface area contributed by atoms with Crippen molar-refractivity contribution in [3.05, 3.63) is 29.8 Å². The average Bonchev–Trinajstić information content (AvgIpc) is 2.32. The van der Waals surface area contributed by atoms with Gasteiger partial charge in [0.15, 0.2) is 11.6 Å². The van der Waals surface area contributed by atoms with Crippen LogP contribution in [0.15, 0.2) is 18.2 Å². The van der Waals surface area contributed by atoms with Crippen LogP contribution in [0.25, 0.3) is 0 Å². The van der Waals surface area contributed by atoms with E-state index in [1.165, 1.54) is 0 Å². The molecule has 1 aliphatic heterocycles. The molecule has 1 aromatic rings. The van der Waals surface area contributed by atoms with Crippen LogP contribution in [0.1, 0.15) is 12.8 Å². The van der Waals surface area contributed by atoms with E-state index in [0.717, 1.165) is 44.1 Å². The molecule has 0 radical (unpaired) electrons.